The first-order valence-electron chi connectivity index (χ1n) is 3.07. The summed E-state index contributed by atoms with van der Waals surface area (Å²) in [6.45, 7) is 0. The smallest absolute Gasteiger partial charge is 0.408 e. The van der Waals surface area contributed by atoms with E-state index in [2.05, 4.69) is 4.98 Å². The Morgan fingerprint density at radius 2 is 2.45 bits per heavy atom. The second-order valence-electron chi connectivity index (χ2n) is 2.05. The fourth-order valence-corrected chi connectivity index (χ4v) is 1.48. The van der Waals surface area contributed by atoms with Crippen LogP contribution in [0, 0.1) is 0 Å². The van der Waals surface area contributed by atoms with E-state index in [0.717, 1.165) is 5.56 Å². The van der Waals surface area contributed by atoms with E-state index in [-0.39, 0.29) is 0 Å². The summed E-state index contributed by atoms with van der Waals surface area (Å²) in [5.74, 6) is 0.183. The second kappa shape index (κ2) is 2.39. The van der Waals surface area contributed by atoms with Gasteiger partial charge in [-0.05, 0) is 11.4 Å². The van der Waals surface area contributed by atoms with E-state index in [4.69, 9.17) is 4.42 Å². The molecule has 4 heteroatoms. The van der Waals surface area contributed by atoms with Crippen LogP contribution in [-0.2, 0) is 0 Å². The Morgan fingerprint density at radius 3 is 3.00 bits per heavy atom. The van der Waals surface area contributed by atoms with E-state index < -0.39 is 5.76 Å². The van der Waals surface area contributed by atoms with Gasteiger partial charge < -0.3 is 4.42 Å². The summed E-state index contributed by atoms with van der Waals surface area (Å²) < 4.78 is 4.82. The molecule has 0 aromatic carbocycles. The number of aromatic nitrogens is 1. The molecule has 0 atom stereocenters. The predicted molar refractivity (Wildman–Crippen MR) is 42.6 cm³/mol. The van der Waals surface area contributed by atoms with Crippen LogP contribution >= 0.6 is 11.3 Å². The maximum absolute atomic E-state index is 10.6. The van der Waals surface area contributed by atoms with Crippen LogP contribution in [0.4, 0.5) is 0 Å². The third-order valence-corrected chi connectivity index (χ3v) is 2.01. The van der Waals surface area contributed by atoms with Crippen LogP contribution in [0.3, 0.4) is 0 Å². The first kappa shape index (κ1) is 6.42. The zero-order valence-corrected chi connectivity index (χ0v) is 6.35. The van der Waals surface area contributed by atoms with Gasteiger partial charge in [-0.2, -0.15) is 11.3 Å². The van der Waals surface area contributed by atoms with Crippen LogP contribution in [0.25, 0.3) is 11.3 Å². The molecule has 0 spiro atoms. The summed E-state index contributed by atoms with van der Waals surface area (Å²) in [6.07, 6.45) is 1.56. The topological polar surface area (TPSA) is 46.0 Å². The number of nitrogens with one attached hydrogen (secondary N) is 1. The number of rotatable bonds is 1. The molecule has 0 fully saturated rings. The summed E-state index contributed by atoms with van der Waals surface area (Å²) in [6, 6.07) is 1.90. The Balaban J connectivity index is 2.53. The van der Waals surface area contributed by atoms with E-state index in [1.165, 1.54) is 0 Å². The molecular weight excluding hydrogens is 162 g/mol. The first-order valence-corrected chi connectivity index (χ1v) is 4.01. The van der Waals surface area contributed by atoms with Crippen LogP contribution < -0.4 is 5.76 Å². The number of hydrogen-bond donors (Lipinski definition) is 1. The fraction of sp³-hybridized carbons (Fsp3) is 0. The highest BCUT2D eigenvalue weighted by molar-refractivity contribution is 7.08. The monoisotopic (exact) mass is 167 g/mol. The fourth-order valence-electron chi connectivity index (χ4n) is 0.830. The maximum Gasteiger partial charge on any atom is 0.416 e. The van der Waals surface area contributed by atoms with Gasteiger partial charge in [0.25, 0.3) is 0 Å². The Bertz CT molecular complexity index is 384. The summed E-state index contributed by atoms with van der Waals surface area (Å²) in [4.78, 5) is 13.0. The molecule has 3 nitrogen and oxygen atoms in total. The quantitative estimate of drug-likeness (QED) is 0.702. The van der Waals surface area contributed by atoms with Crippen molar-refractivity contribution in [2.45, 2.75) is 0 Å². The first-order chi connectivity index (χ1) is 5.36. The normalized spacial score (nSPS) is 10.2. The number of hydrogen-bond acceptors (Lipinski definition) is 3. The van der Waals surface area contributed by atoms with Crippen LogP contribution in [0.1, 0.15) is 0 Å². The van der Waals surface area contributed by atoms with Gasteiger partial charge in [-0.3, -0.25) is 4.98 Å². The maximum atomic E-state index is 10.6. The number of aromatic amines is 1. The lowest BCUT2D eigenvalue weighted by Crippen LogP contribution is -1.92. The zero-order chi connectivity index (χ0) is 7.68. The summed E-state index contributed by atoms with van der Waals surface area (Å²) in [7, 11) is 0. The van der Waals surface area contributed by atoms with Crippen molar-refractivity contribution in [2.75, 3.05) is 0 Å². The van der Waals surface area contributed by atoms with Crippen LogP contribution in [0.2, 0.25) is 0 Å². The molecule has 0 unspecified atom stereocenters. The molecular formula is C7H5NO2S. The zero-order valence-electron chi connectivity index (χ0n) is 5.53. The molecule has 56 valence electrons. The van der Waals surface area contributed by atoms with Gasteiger partial charge >= 0.3 is 5.76 Å². The molecule has 2 aromatic rings. The molecule has 0 bridgehead atoms. The average molecular weight is 167 g/mol. The summed E-state index contributed by atoms with van der Waals surface area (Å²) >= 11 is 1.57. The minimum absolute atomic E-state index is 0.411. The lowest BCUT2D eigenvalue weighted by atomic mass is 10.3. The van der Waals surface area contributed by atoms with Gasteiger partial charge in [0.2, 0.25) is 0 Å². The molecule has 0 aliphatic heterocycles. The largest absolute Gasteiger partial charge is 0.416 e. The van der Waals surface area contributed by atoms with Crippen molar-refractivity contribution in [3.05, 3.63) is 33.6 Å². The highest BCUT2D eigenvalue weighted by atomic mass is 32.1. The van der Waals surface area contributed by atoms with Crippen molar-refractivity contribution in [1.82, 2.24) is 4.98 Å². The average Bonchev–Trinajstić information content (AvgIpc) is 2.55. The molecule has 1 N–H and O–H groups in total. The number of H-pyrrole nitrogens is 1. The Morgan fingerprint density at radius 1 is 1.55 bits per heavy atom. The van der Waals surface area contributed by atoms with Gasteiger partial charge in [-0.25, -0.2) is 4.79 Å². The number of thiophene rings is 1. The second-order valence-corrected chi connectivity index (χ2v) is 2.83. The highest BCUT2D eigenvalue weighted by Crippen LogP contribution is 2.19. The van der Waals surface area contributed by atoms with Crippen LogP contribution in [-0.4, -0.2) is 4.98 Å². The molecule has 2 aromatic heterocycles. The van der Waals surface area contributed by atoms with Crippen LogP contribution in [0.15, 0.2) is 32.2 Å². The van der Waals surface area contributed by atoms with E-state index in [1.807, 2.05) is 16.8 Å². The van der Waals surface area contributed by atoms with Gasteiger partial charge in [0.05, 0.1) is 6.20 Å². The summed E-state index contributed by atoms with van der Waals surface area (Å²) in [5, 5.41) is 3.86. The predicted octanol–water partition coefficient (Wildman–Crippen LogP) is 1.70. The van der Waals surface area contributed by atoms with E-state index in [0.29, 0.717) is 5.76 Å². The van der Waals surface area contributed by atoms with Gasteiger partial charge in [0, 0.05) is 10.9 Å². The van der Waals surface area contributed by atoms with E-state index in [9.17, 15) is 4.79 Å². The third kappa shape index (κ3) is 1.12. The van der Waals surface area contributed by atoms with Crippen molar-refractivity contribution in [1.29, 1.82) is 0 Å². The lowest BCUT2D eigenvalue weighted by Gasteiger charge is -1.83. The van der Waals surface area contributed by atoms with Gasteiger partial charge in [-0.15, -0.1) is 0 Å². The number of oxazole rings is 1. The highest BCUT2D eigenvalue weighted by Gasteiger charge is 2.01. The minimum Gasteiger partial charge on any atom is -0.408 e. The SMILES string of the molecule is O=c1[nH]cc(-c2ccsc2)o1. The van der Waals surface area contributed by atoms with Crippen molar-refractivity contribution in [3.63, 3.8) is 0 Å². The molecule has 0 saturated carbocycles. The van der Waals surface area contributed by atoms with Gasteiger partial charge in [0.1, 0.15) is 0 Å². The molecule has 2 rings (SSSR count). The molecule has 0 aliphatic rings. The van der Waals surface area contributed by atoms with Crippen molar-refractivity contribution >= 4 is 11.3 Å². The molecule has 0 saturated heterocycles. The molecule has 11 heavy (non-hydrogen) atoms. The van der Waals surface area contributed by atoms with E-state index in [1.54, 1.807) is 17.5 Å². The third-order valence-electron chi connectivity index (χ3n) is 1.33. The molecule has 0 aliphatic carbocycles. The van der Waals surface area contributed by atoms with Gasteiger partial charge in [-0.1, -0.05) is 0 Å². The van der Waals surface area contributed by atoms with E-state index >= 15 is 0 Å². The van der Waals surface area contributed by atoms with Crippen molar-refractivity contribution in [2.24, 2.45) is 0 Å². The molecule has 2 heterocycles. The summed E-state index contributed by atoms with van der Waals surface area (Å²) in [5.41, 5.74) is 0.938. The molecule has 0 amide bonds. The standard InChI is InChI=1S/C7H5NO2S/c9-7-8-3-6(10-7)5-1-2-11-4-5/h1-4H,(H,8,9). The Labute approximate surface area is 66.3 Å². The van der Waals surface area contributed by atoms with Crippen molar-refractivity contribution in [3.8, 4) is 11.3 Å². The minimum atomic E-state index is -0.411. The van der Waals surface area contributed by atoms with Crippen molar-refractivity contribution < 1.29 is 4.42 Å². The van der Waals surface area contributed by atoms with Crippen LogP contribution in [0.5, 0.6) is 0 Å². The van der Waals surface area contributed by atoms with Gasteiger partial charge in [0.15, 0.2) is 5.76 Å². The molecule has 0 radical (unpaired) electrons. The lowest BCUT2D eigenvalue weighted by molar-refractivity contribution is 0.528. The Kier molecular flexibility index (Phi) is 1.40. The Hall–Kier alpha value is -1.29.